The Balaban J connectivity index is 1.54. The summed E-state index contributed by atoms with van der Waals surface area (Å²) in [6.07, 6.45) is 4.79. The summed E-state index contributed by atoms with van der Waals surface area (Å²) < 4.78 is 34.1. The summed E-state index contributed by atoms with van der Waals surface area (Å²) in [6.45, 7) is 1.78. The highest BCUT2D eigenvalue weighted by Gasteiger charge is 2.34. The van der Waals surface area contributed by atoms with Gasteiger partial charge < -0.3 is 9.84 Å². The van der Waals surface area contributed by atoms with Crippen LogP contribution >= 0.6 is 23.2 Å². The first kappa shape index (κ1) is 25.5. The molecule has 2 aromatic carbocycles. The molecule has 1 aliphatic carbocycles. The van der Waals surface area contributed by atoms with E-state index in [4.69, 9.17) is 33.0 Å². The molecule has 0 spiro atoms. The molecule has 2 unspecified atom stereocenters. The van der Waals surface area contributed by atoms with Crippen LogP contribution in [0.4, 0.5) is 0 Å². The van der Waals surface area contributed by atoms with Crippen LogP contribution in [-0.4, -0.2) is 35.0 Å². The molecule has 10 heteroatoms. The number of carboxylic acids is 1. The quantitative estimate of drug-likeness (QED) is 0.360. The van der Waals surface area contributed by atoms with E-state index in [-0.39, 0.29) is 34.1 Å². The van der Waals surface area contributed by atoms with Crippen molar-refractivity contribution in [2.75, 3.05) is 5.75 Å². The normalized spacial score (nSPS) is 16.5. The van der Waals surface area contributed by atoms with Gasteiger partial charge in [-0.05, 0) is 73.1 Å². The summed E-state index contributed by atoms with van der Waals surface area (Å²) >= 11 is 12.3. The number of nitrogens with zero attached hydrogens (tertiary/aromatic N) is 2. The van der Waals surface area contributed by atoms with E-state index >= 15 is 0 Å². The lowest BCUT2D eigenvalue weighted by Crippen LogP contribution is -2.26. The van der Waals surface area contributed by atoms with Gasteiger partial charge in [-0.1, -0.05) is 36.5 Å². The molecule has 35 heavy (non-hydrogen) atoms. The number of hydrogen-bond donors (Lipinski definition) is 1. The third kappa shape index (κ3) is 5.82. The predicted molar refractivity (Wildman–Crippen MR) is 134 cm³/mol. The highest BCUT2D eigenvalue weighted by molar-refractivity contribution is 7.91. The fraction of sp³-hybridized carbons (Fsp3) is 0.360. The Morgan fingerprint density at radius 1 is 1.20 bits per heavy atom. The fourth-order valence-electron chi connectivity index (χ4n) is 4.73. The Kier molecular flexibility index (Phi) is 7.73. The van der Waals surface area contributed by atoms with Crippen molar-refractivity contribution in [3.63, 3.8) is 0 Å². The molecule has 0 saturated carbocycles. The third-order valence-electron chi connectivity index (χ3n) is 6.41. The van der Waals surface area contributed by atoms with Gasteiger partial charge >= 0.3 is 5.97 Å². The maximum Gasteiger partial charge on any atom is 0.325 e. The van der Waals surface area contributed by atoms with Crippen molar-refractivity contribution in [2.45, 2.75) is 50.0 Å². The minimum atomic E-state index is -3.69. The molecule has 1 N–H and O–H groups in total. The number of carboxylic acid groups (broad SMARTS) is 1. The zero-order valence-electron chi connectivity index (χ0n) is 19.2. The third-order valence-corrected chi connectivity index (χ3v) is 8.98. The van der Waals surface area contributed by atoms with E-state index in [1.807, 2.05) is 6.92 Å². The molecule has 7 nitrogen and oxygen atoms in total. The van der Waals surface area contributed by atoms with Crippen molar-refractivity contribution >= 4 is 39.0 Å². The van der Waals surface area contributed by atoms with Crippen molar-refractivity contribution in [2.24, 2.45) is 5.92 Å². The Labute approximate surface area is 214 Å². The van der Waals surface area contributed by atoms with E-state index in [1.165, 1.54) is 16.8 Å². The molecule has 1 heterocycles. The Morgan fingerprint density at radius 2 is 1.91 bits per heavy atom. The number of fused-ring (bicyclic) bond motifs is 1. The molecule has 0 aliphatic heterocycles. The summed E-state index contributed by atoms with van der Waals surface area (Å²) in [7, 11) is -3.69. The molecule has 3 aromatic rings. The molecule has 0 fully saturated rings. The maximum atomic E-state index is 13.4. The first-order valence-electron chi connectivity index (χ1n) is 11.4. The van der Waals surface area contributed by atoms with E-state index in [0.29, 0.717) is 22.9 Å². The average molecular weight is 537 g/mol. The van der Waals surface area contributed by atoms with Crippen LogP contribution in [0.3, 0.4) is 0 Å². The second-order valence-electron chi connectivity index (χ2n) is 8.69. The second-order valence-corrected chi connectivity index (χ2v) is 11.5. The number of halogens is 2. The van der Waals surface area contributed by atoms with E-state index < -0.39 is 15.8 Å². The van der Waals surface area contributed by atoms with Crippen molar-refractivity contribution in [1.82, 2.24) is 9.78 Å². The lowest BCUT2D eigenvalue weighted by atomic mass is 9.78. The van der Waals surface area contributed by atoms with Crippen molar-refractivity contribution in [3.8, 4) is 11.5 Å². The van der Waals surface area contributed by atoms with E-state index in [9.17, 15) is 13.2 Å². The molecule has 2 atom stereocenters. The number of carbonyl (C=O) groups is 1. The smallest absolute Gasteiger partial charge is 0.325 e. The van der Waals surface area contributed by atoms with Crippen LogP contribution in [0.2, 0.25) is 10.0 Å². The minimum Gasteiger partial charge on any atom is -0.480 e. The molecular formula is C25H26Cl2N2O5S. The molecule has 0 saturated heterocycles. The minimum absolute atomic E-state index is 0.00708. The van der Waals surface area contributed by atoms with Crippen molar-refractivity contribution in [3.05, 3.63) is 70.0 Å². The topological polar surface area (TPSA) is 98.5 Å². The van der Waals surface area contributed by atoms with Crippen molar-refractivity contribution < 1.29 is 23.1 Å². The lowest BCUT2D eigenvalue weighted by Gasteiger charge is -2.30. The Morgan fingerprint density at radius 3 is 2.57 bits per heavy atom. The maximum absolute atomic E-state index is 13.4. The number of ether oxygens (including phenoxy) is 1. The zero-order valence-corrected chi connectivity index (χ0v) is 21.5. The van der Waals surface area contributed by atoms with Gasteiger partial charge in [-0.3, -0.25) is 9.48 Å². The monoisotopic (exact) mass is 536 g/mol. The first-order valence-corrected chi connectivity index (χ1v) is 13.8. The summed E-state index contributed by atoms with van der Waals surface area (Å²) in [6, 6.07) is 11.4. The highest BCUT2D eigenvalue weighted by Crippen LogP contribution is 2.40. The standard InChI is InChI=1S/C25H26Cl2N2O5S/c1-2-16(20-4-3-5-23-21(20)13-28-29(23)14-25(30)31)15-35(32,33)24-11-10-19(12-22(24)27)34-18-8-6-17(26)7-9-18/h6-13,16,20H,2-5,14-15H2,1H3,(H,30,31). The van der Waals surface area contributed by atoms with Crippen LogP contribution in [0.15, 0.2) is 53.6 Å². The van der Waals surface area contributed by atoms with E-state index in [0.717, 1.165) is 30.5 Å². The zero-order chi connectivity index (χ0) is 25.2. The van der Waals surface area contributed by atoms with Gasteiger partial charge in [-0.25, -0.2) is 8.42 Å². The highest BCUT2D eigenvalue weighted by atomic mass is 35.5. The van der Waals surface area contributed by atoms with Gasteiger partial charge in [-0.15, -0.1) is 0 Å². The van der Waals surface area contributed by atoms with Crippen LogP contribution in [0.1, 0.15) is 43.4 Å². The van der Waals surface area contributed by atoms with Gasteiger partial charge in [0.05, 0.1) is 21.9 Å². The number of sulfone groups is 1. The number of hydrogen-bond acceptors (Lipinski definition) is 5. The van der Waals surface area contributed by atoms with Gasteiger partial charge in [0.1, 0.15) is 18.0 Å². The molecule has 4 rings (SSSR count). The molecular weight excluding hydrogens is 511 g/mol. The molecule has 186 valence electrons. The largest absolute Gasteiger partial charge is 0.480 e. The van der Waals surface area contributed by atoms with Crippen LogP contribution in [0.5, 0.6) is 11.5 Å². The SMILES string of the molecule is CCC(CS(=O)(=O)c1ccc(Oc2ccc(Cl)cc2)cc1Cl)C1CCCc2c1cnn2CC(=O)O. The van der Waals surface area contributed by atoms with Crippen LogP contribution < -0.4 is 4.74 Å². The number of benzene rings is 2. The molecule has 0 bridgehead atoms. The number of aromatic nitrogens is 2. The van der Waals surface area contributed by atoms with Crippen LogP contribution in [0.25, 0.3) is 0 Å². The summed E-state index contributed by atoms with van der Waals surface area (Å²) in [5.41, 5.74) is 1.85. The average Bonchev–Trinajstić information content (AvgIpc) is 3.21. The Bertz CT molecular complexity index is 1320. The summed E-state index contributed by atoms with van der Waals surface area (Å²) in [4.78, 5) is 11.2. The predicted octanol–water partition coefficient (Wildman–Crippen LogP) is 5.99. The fourth-order valence-corrected chi connectivity index (χ4v) is 7.23. The molecule has 0 radical (unpaired) electrons. The van der Waals surface area contributed by atoms with Gasteiger partial charge in [-0.2, -0.15) is 5.10 Å². The first-order chi connectivity index (χ1) is 16.7. The van der Waals surface area contributed by atoms with Crippen molar-refractivity contribution in [1.29, 1.82) is 0 Å². The van der Waals surface area contributed by atoms with Gasteiger partial charge in [0.25, 0.3) is 0 Å². The molecule has 1 aliphatic rings. The van der Waals surface area contributed by atoms with Crippen LogP contribution in [0, 0.1) is 5.92 Å². The molecule has 1 aromatic heterocycles. The van der Waals surface area contributed by atoms with Gasteiger partial charge in [0.15, 0.2) is 9.84 Å². The lowest BCUT2D eigenvalue weighted by molar-refractivity contribution is -0.137. The van der Waals surface area contributed by atoms with Gasteiger partial charge in [0.2, 0.25) is 0 Å². The van der Waals surface area contributed by atoms with Crippen LogP contribution in [-0.2, 0) is 27.6 Å². The summed E-state index contributed by atoms with van der Waals surface area (Å²) in [5, 5.41) is 14.1. The van der Waals surface area contributed by atoms with Gasteiger partial charge in [0, 0.05) is 16.8 Å². The second kappa shape index (κ2) is 10.6. The number of rotatable bonds is 9. The van der Waals surface area contributed by atoms with E-state index in [2.05, 4.69) is 5.10 Å². The van der Waals surface area contributed by atoms with E-state index in [1.54, 1.807) is 36.5 Å². The Hall–Kier alpha value is -2.55. The molecule has 0 amide bonds. The number of aliphatic carboxylic acids is 1. The summed E-state index contributed by atoms with van der Waals surface area (Å²) in [5.74, 6) is -0.190.